The Labute approximate surface area is 121 Å². The van der Waals surface area contributed by atoms with Crippen LogP contribution >= 0.6 is 27.3 Å². The van der Waals surface area contributed by atoms with Gasteiger partial charge in [0.1, 0.15) is 0 Å². The zero-order valence-corrected chi connectivity index (χ0v) is 12.9. The van der Waals surface area contributed by atoms with Gasteiger partial charge in [-0.25, -0.2) is 0 Å². The molecule has 18 heavy (non-hydrogen) atoms. The molecule has 0 bridgehead atoms. The Balaban J connectivity index is 2.21. The fourth-order valence-electron chi connectivity index (χ4n) is 1.58. The zero-order valence-electron chi connectivity index (χ0n) is 10.5. The third-order valence-electron chi connectivity index (χ3n) is 2.77. The van der Waals surface area contributed by atoms with Crippen molar-refractivity contribution >= 4 is 33.3 Å². The lowest BCUT2D eigenvalue weighted by Crippen LogP contribution is -2.17. The number of likely N-dealkylation sites (N-methyl/N-ethyl adjacent to an activating group) is 1. The van der Waals surface area contributed by atoms with Crippen molar-refractivity contribution in [3.05, 3.63) is 51.8 Å². The smallest absolute Gasteiger partial charge is 0.0360 e. The highest BCUT2D eigenvalue weighted by molar-refractivity contribution is 9.10. The summed E-state index contributed by atoms with van der Waals surface area (Å²) in [5.74, 6) is 0. The first-order valence-electron chi connectivity index (χ1n) is 5.91. The molecule has 1 N–H and O–H groups in total. The van der Waals surface area contributed by atoms with Crippen LogP contribution in [0.25, 0.3) is 16.5 Å². The highest BCUT2D eigenvalue weighted by atomic mass is 79.9. The van der Waals surface area contributed by atoms with E-state index in [1.54, 1.807) is 0 Å². The summed E-state index contributed by atoms with van der Waals surface area (Å²) in [5.41, 5.74) is 1.25. The largest absolute Gasteiger partial charge is 0.314 e. The molecular weight excluding hydrogens is 306 g/mol. The van der Waals surface area contributed by atoms with Gasteiger partial charge in [0.15, 0.2) is 0 Å². The van der Waals surface area contributed by atoms with Crippen molar-refractivity contribution in [2.24, 2.45) is 0 Å². The Morgan fingerprint density at radius 2 is 2.00 bits per heavy atom. The van der Waals surface area contributed by atoms with E-state index in [1.807, 2.05) is 24.5 Å². The quantitative estimate of drug-likeness (QED) is 0.853. The first-order valence-corrected chi connectivity index (χ1v) is 7.52. The molecular formula is C15H16BrNS. The molecule has 3 heteroatoms. The minimum absolute atomic E-state index is 0.402. The highest BCUT2D eigenvalue weighted by Gasteiger charge is 2.04. The van der Waals surface area contributed by atoms with Gasteiger partial charge in [-0.05, 0) is 38.2 Å². The van der Waals surface area contributed by atoms with Crippen LogP contribution in [0.2, 0.25) is 0 Å². The molecule has 1 unspecified atom stereocenters. The first kappa shape index (κ1) is 13.5. The number of halogens is 1. The van der Waals surface area contributed by atoms with Crippen LogP contribution in [-0.4, -0.2) is 13.1 Å². The summed E-state index contributed by atoms with van der Waals surface area (Å²) in [6.07, 6.45) is 4.35. The Morgan fingerprint density at radius 3 is 2.72 bits per heavy atom. The van der Waals surface area contributed by atoms with E-state index in [0.717, 1.165) is 4.47 Å². The summed E-state index contributed by atoms with van der Waals surface area (Å²) in [4.78, 5) is 2.57. The molecule has 94 valence electrons. The molecule has 1 nitrogen and oxygen atoms in total. The topological polar surface area (TPSA) is 12.0 Å². The second-order valence-electron chi connectivity index (χ2n) is 4.12. The second-order valence-corrected chi connectivity index (χ2v) is 6.09. The molecule has 0 saturated heterocycles. The van der Waals surface area contributed by atoms with Crippen molar-refractivity contribution in [1.29, 1.82) is 0 Å². The molecule has 0 saturated carbocycles. The summed E-state index contributed by atoms with van der Waals surface area (Å²) in [7, 11) is 1.97. The summed E-state index contributed by atoms with van der Waals surface area (Å²) in [6.45, 7) is 2.14. The van der Waals surface area contributed by atoms with Gasteiger partial charge < -0.3 is 5.32 Å². The zero-order chi connectivity index (χ0) is 13.0. The van der Waals surface area contributed by atoms with E-state index in [1.165, 1.54) is 15.3 Å². The van der Waals surface area contributed by atoms with Gasteiger partial charge >= 0.3 is 0 Å². The lowest BCUT2D eigenvalue weighted by molar-refractivity contribution is 0.732. The molecule has 1 aromatic heterocycles. The minimum atomic E-state index is 0.402. The van der Waals surface area contributed by atoms with Crippen LogP contribution in [0.1, 0.15) is 11.8 Å². The van der Waals surface area contributed by atoms with Gasteiger partial charge in [-0.3, -0.25) is 0 Å². The van der Waals surface area contributed by atoms with Gasteiger partial charge in [0.05, 0.1) is 0 Å². The molecule has 0 aliphatic carbocycles. The highest BCUT2D eigenvalue weighted by Crippen LogP contribution is 2.33. The van der Waals surface area contributed by atoms with Crippen LogP contribution < -0.4 is 5.32 Å². The Kier molecular flexibility index (Phi) is 4.75. The number of benzene rings is 1. The van der Waals surface area contributed by atoms with Crippen molar-refractivity contribution < 1.29 is 0 Å². The Bertz CT molecular complexity index is 545. The standard InChI is InChI=1S/C15H16BrNS/c1-11(17-2)7-8-12-9-10-15(18-12)13-5-3-4-6-14(13)16/h3-11,17H,1-2H3/b8-7+. The molecule has 1 atom stereocenters. The van der Waals surface area contributed by atoms with E-state index in [2.05, 4.69) is 70.7 Å². The van der Waals surface area contributed by atoms with Gasteiger partial charge in [-0.15, -0.1) is 11.3 Å². The van der Waals surface area contributed by atoms with Crippen LogP contribution in [0.4, 0.5) is 0 Å². The number of thiophene rings is 1. The van der Waals surface area contributed by atoms with E-state index in [4.69, 9.17) is 0 Å². The average molecular weight is 322 g/mol. The van der Waals surface area contributed by atoms with E-state index in [-0.39, 0.29) is 0 Å². The normalized spacial score (nSPS) is 13.1. The summed E-state index contributed by atoms with van der Waals surface area (Å²) < 4.78 is 1.14. The molecule has 0 amide bonds. The van der Waals surface area contributed by atoms with E-state index >= 15 is 0 Å². The summed E-state index contributed by atoms with van der Waals surface area (Å²) in [5, 5.41) is 3.19. The Morgan fingerprint density at radius 1 is 1.22 bits per heavy atom. The predicted octanol–water partition coefficient (Wildman–Crippen LogP) is 4.80. The number of nitrogens with one attached hydrogen (secondary N) is 1. The molecule has 0 aliphatic heterocycles. The third kappa shape index (κ3) is 3.31. The van der Waals surface area contributed by atoms with Crippen LogP contribution in [0, 0.1) is 0 Å². The first-order chi connectivity index (χ1) is 8.70. The van der Waals surface area contributed by atoms with Crippen LogP contribution in [0.5, 0.6) is 0 Å². The average Bonchev–Trinajstić information content (AvgIpc) is 2.85. The van der Waals surface area contributed by atoms with Crippen molar-refractivity contribution in [3.8, 4) is 10.4 Å². The van der Waals surface area contributed by atoms with E-state index in [0.29, 0.717) is 6.04 Å². The molecule has 0 aliphatic rings. The van der Waals surface area contributed by atoms with Gasteiger partial charge in [-0.2, -0.15) is 0 Å². The monoisotopic (exact) mass is 321 g/mol. The summed E-state index contributed by atoms with van der Waals surface area (Å²) in [6, 6.07) is 13.1. The molecule has 2 rings (SSSR count). The SMILES string of the molecule is CNC(C)/C=C/c1ccc(-c2ccccc2Br)s1. The van der Waals surface area contributed by atoms with Crippen molar-refractivity contribution in [2.75, 3.05) is 7.05 Å². The van der Waals surface area contributed by atoms with Gasteiger partial charge in [0.2, 0.25) is 0 Å². The molecule has 0 fully saturated rings. The summed E-state index contributed by atoms with van der Waals surface area (Å²) >= 11 is 5.40. The fraction of sp³-hybridized carbons (Fsp3) is 0.200. The maximum atomic E-state index is 3.59. The number of hydrogen-bond acceptors (Lipinski definition) is 2. The van der Waals surface area contributed by atoms with Gasteiger partial charge in [0, 0.05) is 25.8 Å². The van der Waals surface area contributed by atoms with Crippen molar-refractivity contribution in [3.63, 3.8) is 0 Å². The van der Waals surface area contributed by atoms with Gasteiger partial charge in [0.25, 0.3) is 0 Å². The van der Waals surface area contributed by atoms with E-state index in [9.17, 15) is 0 Å². The molecule has 0 spiro atoms. The van der Waals surface area contributed by atoms with Crippen molar-refractivity contribution in [2.45, 2.75) is 13.0 Å². The number of rotatable bonds is 4. The predicted molar refractivity (Wildman–Crippen MR) is 85.0 cm³/mol. The van der Waals surface area contributed by atoms with Gasteiger partial charge in [-0.1, -0.05) is 40.2 Å². The number of hydrogen-bond donors (Lipinski definition) is 1. The van der Waals surface area contributed by atoms with Crippen LogP contribution in [0.3, 0.4) is 0 Å². The third-order valence-corrected chi connectivity index (χ3v) is 4.55. The second kappa shape index (κ2) is 6.32. The molecule has 0 radical (unpaired) electrons. The minimum Gasteiger partial charge on any atom is -0.314 e. The van der Waals surface area contributed by atoms with Crippen molar-refractivity contribution in [1.82, 2.24) is 5.32 Å². The van der Waals surface area contributed by atoms with Crippen LogP contribution in [0.15, 0.2) is 46.9 Å². The maximum absolute atomic E-state index is 3.59. The molecule has 1 heterocycles. The lowest BCUT2D eigenvalue weighted by Gasteiger charge is -2.01. The maximum Gasteiger partial charge on any atom is 0.0360 e. The van der Waals surface area contributed by atoms with E-state index < -0.39 is 0 Å². The lowest BCUT2D eigenvalue weighted by atomic mass is 10.2. The van der Waals surface area contributed by atoms with Crippen LogP contribution in [-0.2, 0) is 0 Å². The Hall–Kier alpha value is -0.900. The molecule has 1 aromatic carbocycles. The molecule has 2 aromatic rings. The fourth-order valence-corrected chi connectivity index (χ4v) is 3.17.